The van der Waals surface area contributed by atoms with Crippen molar-refractivity contribution in [2.75, 3.05) is 50.5 Å². The number of carbonyl (C=O) groups excluding carboxylic acids is 2. The summed E-state index contributed by atoms with van der Waals surface area (Å²) in [6, 6.07) is 10.8. The van der Waals surface area contributed by atoms with E-state index >= 15 is 0 Å². The Hall–Kier alpha value is -3.25. The number of piperazine rings is 1. The van der Waals surface area contributed by atoms with Gasteiger partial charge in [-0.05, 0) is 24.3 Å². The molecule has 0 atom stereocenters. The number of amides is 2. The Kier molecular flexibility index (Phi) is 8.26. The van der Waals surface area contributed by atoms with Crippen molar-refractivity contribution in [3.05, 3.63) is 48.4 Å². The molecule has 12 heteroatoms. The Morgan fingerprint density at radius 2 is 1.91 bits per heavy atom. The number of hydrogen-bond donors (Lipinski definition) is 1. The number of hydrogen-bond acceptors (Lipinski definition) is 10. The lowest BCUT2D eigenvalue weighted by Crippen LogP contribution is -2.50. The summed E-state index contributed by atoms with van der Waals surface area (Å²) in [6.07, 6.45) is 1.57. The number of aromatic nitrogens is 2. The van der Waals surface area contributed by atoms with Crippen LogP contribution in [0.4, 0.5) is 5.13 Å². The second-order valence-electron chi connectivity index (χ2n) is 7.30. The Morgan fingerprint density at radius 3 is 2.65 bits per heavy atom. The van der Waals surface area contributed by atoms with Crippen LogP contribution in [0, 0.1) is 0 Å². The molecule has 2 amide bonds. The van der Waals surface area contributed by atoms with Gasteiger partial charge in [0.15, 0.2) is 22.4 Å². The first-order valence-corrected chi connectivity index (χ1v) is 12.5. The Labute approximate surface area is 205 Å². The predicted molar refractivity (Wildman–Crippen MR) is 128 cm³/mol. The summed E-state index contributed by atoms with van der Waals surface area (Å²) >= 11 is 2.79. The zero-order chi connectivity index (χ0) is 23.8. The van der Waals surface area contributed by atoms with Crippen molar-refractivity contribution in [2.24, 2.45) is 0 Å². The summed E-state index contributed by atoms with van der Waals surface area (Å²) in [5.41, 5.74) is 0. The first kappa shape index (κ1) is 23.9. The first-order chi connectivity index (χ1) is 16.6. The summed E-state index contributed by atoms with van der Waals surface area (Å²) in [6.45, 7) is 2.78. The Bertz CT molecular complexity index is 1080. The number of para-hydroxylation sites is 2. The molecule has 1 aliphatic rings. The quantitative estimate of drug-likeness (QED) is 0.417. The second-order valence-corrected chi connectivity index (χ2v) is 9.48. The maximum Gasteiger partial charge on any atom is 0.260 e. The van der Waals surface area contributed by atoms with Crippen molar-refractivity contribution in [2.45, 2.75) is 10.9 Å². The number of ether oxygens (including phenoxy) is 2. The highest BCUT2D eigenvalue weighted by atomic mass is 32.2. The summed E-state index contributed by atoms with van der Waals surface area (Å²) in [5.74, 6) is 1.94. The molecule has 1 aromatic carbocycles. The van der Waals surface area contributed by atoms with Crippen molar-refractivity contribution in [3.63, 3.8) is 0 Å². The zero-order valence-corrected chi connectivity index (χ0v) is 20.3. The van der Waals surface area contributed by atoms with Crippen LogP contribution in [0.3, 0.4) is 0 Å². The normalized spacial score (nSPS) is 13.6. The number of methoxy groups -OCH3 is 1. The maximum atomic E-state index is 12.6. The molecule has 1 fully saturated rings. The molecule has 0 saturated carbocycles. The number of anilines is 1. The van der Waals surface area contributed by atoms with Gasteiger partial charge in [-0.25, -0.2) is 0 Å². The Morgan fingerprint density at radius 1 is 1.12 bits per heavy atom. The van der Waals surface area contributed by atoms with E-state index < -0.39 is 0 Å². The standard InChI is InChI=1S/C22H25N5O5S2/c1-30-17-6-2-3-7-18(17)32-14-20(29)26-8-10-27(11-9-26)21-24-25-22(34-21)33-15-19(28)23-13-16-5-4-12-31-16/h2-7,12H,8-11,13-15H2,1H3,(H,23,28). The van der Waals surface area contributed by atoms with Gasteiger partial charge >= 0.3 is 0 Å². The minimum absolute atomic E-state index is 0.0397. The van der Waals surface area contributed by atoms with Crippen LogP contribution in [-0.4, -0.2) is 72.6 Å². The van der Waals surface area contributed by atoms with Crippen molar-refractivity contribution in [1.29, 1.82) is 0 Å². The minimum atomic E-state index is -0.0966. The van der Waals surface area contributed by atoms with E-state index in [1.54, 1.807) is 36.5 Å². The molecule has 34 heavy (non-hydrogen) atoms. The lowest BCUT2D eigenvalue weighted by atomic mass is 10.3. The van der Waals surface area contributed by atoms with Gasteiger partial charge in [0.1, 0.15) is 5.76 Å². The highest BCUT2D eigenvalue weighted by Crippen LogP contribution is 2.29. The lowest BCUT2D eigenvalue weighted by molar-refractivity contribution is -0.133. The summed E-state index contributed by atoms with van der Waals surface area (Å²) in [7, 11) is 1.57. The number of nitrogens with zero attached hydrogens (tertiary/aromatic N) is 4. The third-order valence-electron chi connectivity index (χ3n) is 5.09. The molecule has 1 saturated heterocycles. The maximum absolute atomic E-state index is 12.6. The first-order valence-electron chi connectivity index (χ1n) is 10.7. The molecule has 180 valence electrons. The van der Waals surface area contributed by atoms with Crippen molar-refractivity contribution in [1.82, 2.24) is 20.4 Å². The zero-order valence-electron chi connectivity index (χ0n) is 18.6. The average molecular weight is 504 g/mol. The van der Waals surface area contributed by atoms with Gasteiger partial charge in [-0.2, -0.15) is 0 Å². The van der Waals surface area contributed by atoms with Gasteiger partial charge in [0, 0.05) is 26.2 Å². The molecule has 1 aliphatic heterocycles. The average Bonchev–Trinajstić information content (AvgIpc) is 3.57. The smallest absolute Gasteiger partial charge is 0.260 e. The van der Waals surface area contributed by atoms with Crippen LogP contribution in [0.25, 0.3) is 0 Å². The van der Waals surface area contributed by atoms with Gasteiger partial charge in [-0.1, -0.05) is 35.2 Å². The van der Waals surface area contributed by atoms with Crippen LogP contribution >= 0.6 is 23.1 Å². The fraction of sp³-hybridized carbons (Fsp3) is 0.364. The van der Waals surface area contributed by atoms with Gasteiger partial charge in [-0.15, -0.1) is 10.2 Å². The molecule has 3 aromatic rings. The van der Waals surface area contributed by atoms with Crippen LogP contribution < -0.4 is 19.7 Å². The minimum Gasteiger partial charge on any atom is -0.493 e. The number of carbonyl (C=O) groups is 2. The van der Waals surface area contributed by atoms with Gasteiger partial charge in [0.25, 0.3) is 5.91 Å². The van der Waals surface area contributed by atoms with Crippen LogP contribution in [-0.2, 0) is 16.1 Å². The molecule has 2 aromatic heterocycles. The molecule has 0 aliphatic carbocycles. The molecule has 1 N–H and O–H groups in total. The summed E-state index contributed by atoms with van der Waals surface area (Å²) in [4.78, 5) is 28.5. The second kappa shape index (κ2) is 11.7. The topological polar surface area (TPSA) is 110 Å². The van der Waals surface area contributed by atoms with E-state index in [9.17, 15) is 9.59 Å². The number of rotatable bonds is 10. The molecule has 4 rings (SSSR count). The molecule has 10 nitrogen and oxygen atoms in total. The highest BCUT2D eigenvalue weighted by Gasteiger charge is 2.24. The van der Waals surface area contributed by atoms with Crippen molar-refractivity contribution in [3.8, 4) is 11.5 Å². The fourth-order valence-electron chi connectivity index (χ4n) is 3.28. The van der Waals surface area contributed by atoms with Gasteiger partial charge in [0.2, 0.25) is 11.0 Å². The van der Waals surface area contributed by atoms with E-state index in [1.807, 2.05) is 18.2 Å². The summed E-state index contributed by atoms with van der Waals surface area (Å²) in [5, 5.41) is 12.0. The molecular formula is C22H25N5O5S2. The van der Waals surface area contributed by atoms with E-state index in [2.05, 4.69) is 20.4 Å². The predicted octanol–water partition coefficient (Wildman–Crippen LogP) is 2.28. The Balaban J connectivity index is 1.18. The monoisotopic (exact) mass is 503 g/mol. The lowest BCUT2D eigenvalue weighted by Gasteiger charge is -2.34. The molecule has 0 radical (unpaired) electrons. The largest absolute Gasteiger partial charge is 0.493 e. The van der Waals surface area contributed by atoms with E-state index in [0.717, 1.165) is 9.47 Å². The van der Waals surface area contributed by atoms with Gasteiger partial charge in [0.05, 0.1) is 25.7 Å². The van der Waals surface area contributed by atoms with E-state index in [0.29, 0.717) is 50.0 Å². The van der Waals surface area contributed by atoms with Crippen LogP contribution in [0.5, 0.6) is 11.5 Å². The van der Waals surface area contributed by atoms with Crippen molar-refractivity contribution < 1.29 is 23.5 Å². The van der Waals surface area contributed by atoms with Gasteiger partial charge < -0.3 is 29.0 Å². The van der Waals surface area contributed by atoms with E-state index in [-0.39, 0.29) is 24.2 Å². The third kappa shape index (κ3) is 6.41. The number of thioether (sulfide) groups is 1. The van der Waals surface area contributed by atoms with Crippen LogP contribution in [0.1, 0.15) is 5.76 Å². The van der Waals surface area contributed by atoms with Crippen molar-refractivity contribution >= 4 is 40.0 Å². The van der Waals surface area contributed by atoms with Crippen LogP contribution in [0.2, 0.25) is 0 Å². The molecule has 0 spiro atoms. The number of furan rings is 1. The SMILES string of the molecule is COc1ccccc1OCC(=O)N1CCN(c2nnc(SCC(=O)NCc3ccco3)s2)CC1. The van der Waals surface area contributed by atoms with E-state index in [4.69, 9.17) is 13.9 Å². The highest BCUT2D eigenvalue weighted by molar-refractivity contribution is 8.01. The number of benzene rings is 1. The molecule has 3 heterocycles. The van der Waals surface area contributed by atoms with E-state index in [1.165, 1.54) is 23.1 Å². The van der Waals surface area contributed by atoms with Crippen LogP contribution in [0.15, 0.2) is 51.4 Å². The molecule has 0 bridgehead atoms. The molecular weight excluding hydrogens is 478 g/mol. The fourth-order valence-corrected chi connectivity index (χ4v) is 5.00. The molecule has 0 unspecified atom stereocenters. The summed E-state index contributed by atoms with van der Waals surface area (Å²) < 4.78 is 16.8. The van der Waals surface area contributed by atoms with Gasteiger partial charge in [-0.3, -0.25) is 9.59 Å². The number of nitrogens with one attached hydrogen (secondary N) is 1. The third-order valence-corrected chi connectivity index (χ3v) is 7.20.